The molecule has 0 aromatic carbocycles. The Hall–Kier alpha value is -1.49. The van der Waals surface area contributed by atoms with Crippen LogP contribution in [0.2, 0.25) is 0 Å². The van der Waals surface area contributed by atoms with Crippen molar-refractivity contribution in [3.05, 3.63) is 17.6 Å². The largest absolute Gasteiger partial charge is 0.373 e. The second-order valence-corrected chi connectivity index (χ2v) is 3.63. The molecule has 3 N–H and O–H groups in total. The monoisotopic (exact) mass is 191 g/mol. The molecule has 74 valence electrons. The summed E-state index contributed by atoms with van der Waals surface area (Å²) in [6.07, 6.45) is 3.90. The number of hydrogen-bond acceptors (Lipinski definition) is 5. The molecule has 14 heavy (non-hydrogen) atoms. The van der Waals surface area contributed by atoms with Crippen molar-refractivity contribution in [2.24, 2.45) is 10.7 Å². The predicted octanol–water partition coefficient (Wildman–Crippen LogP) is 0.168. The molecule has 0 radical (unpaired) electrons. The number of aliphatic imine (C=N–C) groups is 1. The third kappa shape index (κ3) is 1.46. The molecule has 2 rings (SSSR count). The van der Waals surface area contributed by atoms with Gasteiger partial charge in [-0.3, -0.25) is 4.99 Å². The van der Waals surface area contributed by atoms with Crippen LogP contribution in [0.3, 0.4) is 0 Å². The zero-order chi connectivity index (χ0) is 10.2. The molecule has 1 aromatic rings. The molecule has 1 aliphatic rings. The average Bonchev–Trinajstić information content (AvgIpc) is 2.15. The van der Waals surface area contributed by atoms with E-state index in [9.17, 15) is 0 Å². The Balaban J connectivity index is 2.51. The van der Waals surface area contributed by atoms with Crippen LogP contribution in [0, 0.1) is 0 Å². The van der Waals surface area contributed by atoms with Crippen molar-refractivity contribution in [3.63, 3.8) is 0 Å². The number of hydrogen-bond donors (Lipinski definition) is 2. The molecule has 1 aromatic heterocycles. The quantitative estimate of drug-likeness (QED) is 0.663. The van der Waals surface area contributed by atoms with E-state index in [0.717, 1.165) is 17.1 Å². The van der Waals surface area contributed by atoms with E-state index in [0.29, 0.717) is 6.42 Å². The first-order chi connectivity index (χ1) is 6.62. The van der Waals surface area contributed by atoms with E-state index in [-0.39, 0.29) is 0 Å². The molecule has 0 fully saturated rings. The van der Waals surface area contributed by atoms with Gasteiger partial charge in [0.15, 0.2) is 0 Å². The van der Waals surface area contributed by atoms with Crippen molar-refractivity contribution in [2.75, 3.05) is 12.4 Å². The fourth-order valence-electron chi connectivity index (χ4n) is 1.54. The standard InChI is InChI=1S/C9H13N5/c1-9(10)3-6-7(4-14-9)12-5-13-8(6)11-2/h4-5H,3,10H2,1-2H3,(H,11,12,13). The van der Waals surface area contributed by atoms with E-state index >= 15 is 0 Å². The summed E-state index contributed by atoms with van der Waals surface area (Å²) in [5, 5.41) is 3.02. The summed E-state index contributed by atoms with van der Waals surface area (Å²) < 4.78 is 0. The van der Waals surface area contributed by atoms with Crippen LogP contribution in [0.25, 0.3) is 0 Å². The third-order valence-corrected chi connectivity index (χ3v) is 2.23. The average molecular weight is 191 g/mol. The van der Waals surface area contributed by atoms with Crippen molar-refractivity contribution in [1.82, 2.24) is 9.97 Å². The van der Waals surface area contributed by atoms with Gasteiger partial charge in [0.2, 0.25) is 0 Å². The minimum atomic E-state index is -0.538. The summed E-state index contributed by atoms with van der Waals surface area (Å²) in [6.45, 7) is 1.89. The maximum absolute atomic E-state index is 5.93. The molecule has 5 heteroatoms. The van der Waals surface area contributed by atoms with Crippen LogP contribution >= 0.6 is 0 Å². The van der Waals surface area contributed by atoms with Crippen LogP contribution in [-0.2, 0) is 6.42 Å². The van der Waals surface area contributed by atoms with Gasteiger partial charge in [0.05, 0.1) is 5.69 Å². The Morgan fingerprint density at radius 2 is 2.29 bits per heavy atom. The fraction of sp³-hybridized carbons (Fsp3) is 0.444. The Labute approximate surface area is 82.5 Å². The number of nitrogens with one attached hydrogen (secondary N) is 1. The maximum Gasteiger partial charge on any atom is 0.133 e. The highest BCUT2D eigenvalue weighted by atomic mass is 15.1. The normalized spacial score (nSPS) is 24.5. The van der Waals surface area contributed by atoms with Crippen LogP contribution in [0.15, 0.2) is 11.3 Å². The first-order valence-electron chi connectivity index (χ1n) is 4.48. The Bertz CT molecular complexity index is 383. The molecule has 1 atom stereocenters. The first kappa shape index (κ1) is 9.08. The lowest BCUT2D eigenvalue weighted by atomic mass is 9.99. The minimum absolute atomic E-state index is 0.538. The smallest absolute Gasteiger partial charge is 0.133 e. The van der Waals surface area contributed by atoms with E-state index in [1.165, 1.54) is 6.33 Å². The summed E-state index contributed by atoms with van der Waals surface area (Å²) in [4.78, 5) is 12.5. The molecule has 0 saturated carbocycles. The summed E-state index contributed by atoms with van der Waals surface area (Å²) in [7, 11) is 1.84. The van der Waals surface area contributed by atoms with Crippen molar-refractivity contribution < 1.29 is 0 Å². The molecule has 5 nitrogen and oxygen atoms in total. The van der Waals surface area contributed by atoms with E-state index in [2.05, 4.69) is 20.3 Å². The third-order valence-electron chi connectivity index (χ3n) is 2.23. The van der Waals surface area contributed by atoms with E-state index in [1.54, 1.807) is 6.21 Å². The van der Waals surface area contributed by atoms with Gasteiger partial charge in [-0.1, -0.05) is 0 Å². The molecule has 0 spiro atoms. The van der Waals surface area contributed by atoms with Crippen molar-refractivity contribution in [1.29, 1.82) is 0 Å². The summed E-state index contributed by atoms with van der Waals surface area (Å²) >= 11 is 0. The van der Waals surface area contributed by atoms with Crippen LogP contribution in [0.4, 0.5) is 5.82 Å². The summed E-state index contributed by atoms with van der Waals surface area (Å²) in [6, 6.07) is 0. The Morgan fingerprint density at radius 1 is 1.50 bits per heavy atom. The molecular weight excluding hydrogens is 178 g/mol. The van der Waals surface area contributed by atoms with Crippen LogP contribution < -0.4 is 11.1 Å². The minimum Gasteiger partial charge on any atom is -0.373 e. The SMILES string of the molecule is CNc1ncnc2c1CC(C)(N)N=C2. The highest BCUT2D eigenvalue weighted by Crippen LogP contribution is 2.23. The van der Waals surface area contributed by atoms with E-state index in [1.807, 2.05) is 14.0 Å². The van der Waals surface area contributed by atoms with Crippen molar-refractivity contribution >= 4 is 12.0 Å². The zero-order valence-electron chi connectivity index (χ0n) is 8.28. The van der Waals surface area contributed by atoms with Gasteiger partial charge in [-0.15, -0.1) is 0 Å². The lowest BCUT2D eigenvalue weighted by Crippen LogP contribution is -2.39. The molecule has 0 aliphatic carbocycles. The molecule has 1 unspecified atom stereocenters. The zero-order valence-corrected chi connectivity index (χ0v) is 8.28. The second kappa shape index (κ2) is 3.02. The summed E-state index contributed by atoms with van der Waals surface area (Å²) in [5.74, 6) is 0.831. The van der Waals surface area contributed by atoms with E-state index < -0.39 is 5.66 Å². The van der Waals surface area contributed by atoms with E-state index in [4.69, 9.17) is 5.73 Å². The molecular formula is C9H13N5. The number of anilines is 1. The highest BCUT2D eigenvalue weighted by Gasteiger charge is 2.25. The summed E-state index contributed by atoms with van der Waals surface area (Å²) in [5.41, 5.74) is 7.29. The van der Waals surface area contributed by atoms with Gasteiger partial charge in [-0.05, 0) is 6.92 Å². The van der Waals surface area contributed by atoms with Gasteiger partial charge in [-0.2, -0.15) is 0 Å². The second-order valence-electron chi connectivity index (χ2n) is 3.63. The first-order valence-corrected chi connectivity index (χ1v) is 4.48. The van der Waals surface area contributed by atoms with Gasteiger partial charge < -0.3 is 11.1 Å². The molecule has 2 heterocycles. The van der Waals surface area contributed by atoms with Gasteiger partial charge in [0.1, 0.15) is 17.8 Å². The Kier molecular flexibility index (Phi) is 1.96. The fourth-order valence-corrected chi connectivity index (χ4v) is 1.54. The number of aromatic nitrogens is 2. The number of rotatable bonds is 1. The van der Waals surface area contributed by atoms with Crippen molar-refractivity contribution in [3.8, 4) is 0 Å². The topological polar surface area (TPSA) is 76.2 Å². The number of nitrogens with zero attached hydrogens (tertiary/aromatic N) is 3. The molecule has 0 saturated heterocycles. The van der Waals surface area contributed by atoms with Gasteiger partial charge in [0.25, 0.3) is 0 Å². The lowest BCUT2D eigenvalue weighted by Gasteiger charge is -2.25. The van der Waals surface area contributed by atoms with Crippen LogP contribution in [0.1, 0.15) is 18.2 Å². The predicted molar refractivity (Wildman–Crippen MR) is 55.5 cm³/mol. The molecule has 0 amide bonds. The molecule has 1 aliphatic heterocycles. The van der Waals surface area contributed by atoms with Gasteiger partial charge in [-0.25, -0.2) is 9.97 Å². The number of nitrogens with two attached hydrogens (primary N) is 1. The van der Waals surface area contributed by atoms with Gasteiger partial charge >= 0.3 is 0 Å². The van der Waals surface area contributed by atoms with Crippen LogP contribution in [0.5, 0.6) is 0 Å². The van der Waals surface area contributed by atoms with Crippen LogP contribution in [-0.4, -0.2) is 28.9 Å². The highest BCUT2D eigenvalue weighted by molar-refractivity contribution is 5.82. The van der Waals surface area contributed by atoms with Gasteiger partial charge in [0, 0.05) is 25.2 Å². The maximum atomic E-state index is 5.93. The van der Waals surface area contributed by atoms with Crippen molar-refractivity contribution in [2.45, 2.75) is 19.0 Å². The Morgan fingerprint density at radius 3 is 3.00 bits per heavy atom. The lowest BCUT2D eigenvalue weighted by molar-refractivity contribution is 0.485. The number of fused-ring (bicyclic) bond motifs is 1. The molecule has 0 bridgehead atoms.